The van der Waals surface area contributed by atoms with Crippen molar-refractivity contribution < 1.29 is 8.81 Å². The molecule has 2 aromatic carbocycles. The van der Waals surface area contributed by atoms with Crippen LogP contribution in [0.4, 0.5) is 4.39 Å². The molecule has 90 valence electrons. The second kappa shape index (κ2) is 4.23. The summed E-state index contributed by atoms with van der Waals surface area (Å²) in [6, 6.07) is 11.8. The molecular weight excluding hydrogens is 231 g/mol. The Bertz CT molecular complexity index is 706. The van der Waals surface area contributed by atoms with Gasteiger partial charge in [0.05, 0.1) is 0 Å². The first-order valence-electron chi connectivity index (χ1n) is 5.62. The van der Waals surface area contributed by atoms with E-state index in [1.54, 1.807) is 12.1 Å². The van der Waals surface area contributed by atoms with Crippen LogP contribution < -0.4 is 5.73 Å². The highest BCUT2D eigenvalue weighted by molar-refractivity contribution is 5.76. The van der Waals surface area contributed by atoms with Crippen molar-refractivity contribution in [1.29, 1.82) is 0 Å². The third-order valence-corrected chi connectivity index (χ3v) is 2.76. The SMILES string of the molecule is NCc1ccc2nc(-c3cccc(F)c3)oc2c1. The molecule has 18 heavy (non-hydrogen) atoms. The van der Waals surface area contributed by atoms with Crippen LogP contribution in [0.5, 0.6) is 0 Å². The Balaban J connectivity index is 2.13. The molecule has 3 nitrogen and oxygen atoms in total. The highest BCUT2D eigenvalue weighted by Gasteiger charge is 2.09. The number of hydrogen-bond donors (Lipinski definition) is 1. The molecule has 3 aromatic rings. The molecule has 0 spiro atoms. The third kappa shape index (κ3) is 1.87. The van der Waals surface area contributed by atoms with Gasteiger partial charge in [0.15, 0.2) is 5.58 Å². The van der Waals surface area contributed by atoms with Gasteiger partial charge < -0.3 is 10.2 Å². The van der Waals surface area contributed by atoms with E-state index in [0.29, 0.717) is 23.6 Å². The van der Waals surface area contributed by atoms with Crippen molar-refractivity contribution in [3.8, 4) is 11.5 Å². The summed E-state index contributed by atoms with van der Waals surface area (Å²) in [4.78, 5) is 4.33. The van der Waals surface area contributed by atoms with Crippen molar-refractivity contribution in [2.45, 2.75) is 6.54 Å². The van der Waals surface area contributed by atoms with Gasteiger partial charge in [-0.15, -0.1) is 0 Å². The van der Waals surface area contributed by atoms with Gasteiger partial charge in [0.25, 0.3) is 0 Å². The van der Waals surface area contributed by atoms with Gasteiger partial charge in [-0.2, -0.15) is 0 Å². The van der Waals surface area contributed by atoms with E-state index >= 15 is 0 Å². The lowest BCUT2D eigenvalue weighted by molar-refractivity contribution is 0.611. The Labute approximate surface area is 103 Å². The Morgan fingerprint density at radius 2 is 2.06 bits per heavy atom. The van der Waals surface area contributed by atoms with Crippen molar-refractivity contribution in [1.82, 2.24) is 4.98 Å². The monoisotopic (exact) mass is 242 g/mol. The van der Waals surface area contributed by atoms with E-state index in [2.05, 4.69) is 4.98 Å². The van der Waals surface area contributed by atoms with Crippen LogP contribution in [0.3, 0.4) is 0 Å². The van der Waals surface area contributed by atoms with Gasteiger partial charge in [0.1, 0.15) is 11.3 Å². The fourth-order valence-electron chi connectivity index (χ4n) is 1.84. The van der Waals surface area contributed by atoms with Gasteiger partial charge in [-0.1, -0.05) is 12.1 Å². The smallest absolute Gasteiger partial charge is 0.227 e. The van der Waals surface area contributed by atoms with Gasteiger partial charge in [-0.25, -0.2) is 9.37 Å². The lowest BCUT2D eigenvalue weighted by atomic mass is 10.2. The number of benzene rings is 2. The van der Waals surface area contributed by atoms with Gasteiger partial charge >= 0.3 is 0 Å². The normalized spacial score (nSPS) is 11.0. The summed E-state index contributed by atoms with van der Waals surface area (Å²) < 4.78 is 18.8. The van der Waals surface area contributed by atoms with Crippen LogP contribution in [-0.2, 0) is 6.54 Å². The van der Waals surface area contributed by atoms with E-state index in [0.717, 1.165) is 11.1 Å². The molecular formula is C14H11FN2O. The first-order chi connectivity index (χ1) is 8.76. The van der Waals surface area contributed by atoms with Gasteiger partial charge in [0, 0.05) is 12.1 Å². The summed E-state index contributed by atoms with van der Waals surface area (Å²) in [6.07, 6.45) is 0. The zero-order chi connectivity index (χ0) is 12.5. The lowest BCUT2D eigenvalue weighted by Gasteiger charge is -1.94. The first kappa shape index (κ1) is 10.9. The molecule has 0 aliphatic heterocycles. The van der Waals surface area contributed by atoms with Crippen molar-refractivity contribution in [2.75, 3.05) is 0 Å². The molecule has 0 bridgehead atoms. The maximum Gasteiger partial charge on any atom is 0.227 e. The number of nitrogens with two attached hydrogens (primary N) is 1. The first-order valence-corrected chi connectivity index (χ1v) is 5.62. The molecule has 0 saturated heterocycles. The molecule has 0 amide bonds. The van der Waals surface area contributed by atoms with E-state index in [9.17, 15) is 4.39 Å². The van der Waals surface area contributed by atoms with Gasteiger partial charge in [0.2, 0.25) is 5.89 Å². The van der Waals surface area contributed by atoms with Crippen LogP contribution >= 0.6 is 0 Å². The quantitative estimate of drug-likeness (QED) is 0.751. The summed E-state index contributed by atoms with van der Waals surface area (Å²) in [5.41, 5.74) is 8.57. The maximum absolute atomic E-state index is 13.1. The predicted octanol–water partition coefficient (Wildman–Crippen LogP) is 3.09. The lowest BCUT2D eigenvalue weighted by Crippen LogP contribution is -1.94. The summed E-state index contributed by atoms with van der Waals surface area (Å²) in [6.45, 7) is 0.450. The number of hydrogen-bond acceptors (Lipinski definition) is 3. The molecule has 0 atom stereocenters. The van der Waals surface area contributed by atoms with Gasteiger partial charge in [-0.05, 0) is 35.9 Å². The summed E-state index contributed by atoms with van der Waals surface area (Å²) in [7, 11) is 0. The minimum atomic E-state index is -0.308. The van der Waals surface area contributed by atoms with Crippen LogP contribution in [0.1, 0.15) is 5.56 Å². The van der Waals surface area contributed by atoms with Crippen LogP contribution in [0.2, 0.25) is 0 Å². The van der Waals surface area contributed by atoms with Crippen LogP contribution in [0.25, 0.3) is 22.6 Å². The number of aromatic nitrogens is 1. The van der Waals surface area contributed by atoms with E-state index in [1.165, 1.54) is 12.1 Å². The van der Waals surface area contributed by atoms with Crippen molar-refractivity contribution >= 4 is 11.1 Å². The van der Waals surface area contributed by atoms with Crippen molar-refractivity contribution in [3.05, 3.63) is 53.8 Å². The molecule has 2 N–H and O–H groups in total. The highest BCUT2D eigenvalue weighted by Crippen LogP contribution is 2.25. The van der Waals surface area contributed by atoms with E-state index in [-0.39, 0.29) is 5.82 Å². The average molecular weight is 242 g/mol. The molecule has 0 aliphatic rings. The van der Waals surface area contributed by atoms with Crippen molar-refractivity contribution in [3.63, 3.8) is 0 Å². The topological polar surface area (TPSA) is 52.0 Å². The largest absolute Gasteiger partial charge is 0.436 e. The minimum absolute atomic E-state index is 0.308. The average Bonchev–Trinajstić information content (AvgIpc) is 2.81. The molecule has 0 radical (unpaired) electrons. The van der Waals surface area contributed by atoms with Crippen LogP contribution in [0.15, 0.2) is 46.9 Å². The molecule has 0 unspecified atom stereocenters. The Morgan fingerprint density at radius 1 is 1.17 bits per heavy atom. The third-order valence-electron chi connectivity index (χ3n) is 2.76. The zero-order valence-corrected chi connectivity index (χ0v) is 9.56. The summed E-state index contributed by atoms with van der Waals surface area (Å²) >= 11 is 0. The van der Waals surface area contributed by atoms with Gasteiger partial charge in [-0.3, -0.25) is 0 Å². The maximum atomic E-state index is 13.1. The molecule has 3 rings (SSSR count). The number of oxazole rings is 1. The van der Waals surface area contributed by atoms with E-state index in [1.807, 2.05) is 18.2 Å². The predicted molar refractivity (Wildman–Crippen MR) is 67.3 cm³/mol. The van der Waals surface area contributed by atoms with Crippen molar-refractivity contribution in [2.24, 2.45) is 5.73 Å². The fraction of sp³-hybridized carbons (Fsp3) is 0.0714. The Kier molecular flexibility index (Phi) is 2.57. The molecule has 1 heterocycles. The molecule has 0 saturated carbocycles. The zero-order valence-electron chi connectivity index (χ0n) is 9.56. The fourth-order valence-corrected chi connectivity index (χ4v) is 1.84. The minimum Gasteiger partial charge on any atom is -0.436 e. The highest BCUT2D eigenvalue weighted by atomic mass is 19.1. The summed E-state index contributed by atoms with van der Waals surface area (Å²) in [5.74, 6) is 0.107. The number of halogens is 1. The number of rotatable bonds is 2. The van der Waals surface area contributed by atoms with E-state index < -0.39 is 0 Å². The number of nitrogens with zero attached hydrogens (tertiary/aromatic N) is 1. The Morgan fingerprint density at radius 3 is 2.83 bits per heavy atom. The van der Waals surface area contributed by atoms with Crippen LogP contribution in [0, 0.1) is 5.82 Å². The second-order valence-corrected chi connectivity index (χ2v) is 4.04. The standard InChI is InChI=1S/C14H11FN2O/c15-11-3-1-2-10(7-11)14-17-12-5-4-9(8-16)6-13(12)18-14/h1-7H,8,16H2. The molecule has 0 aliphatic carbocycles. The summed E-state index contributed by atoms with van der Waals surface area (Å²) in [5, 5.41) is 0. The molecule has 4 heteroatoms. The Hall–Kier alpha value is -2.20. The molecule has 0 fully saturated rings. The van der Waals surface area contributed by atoms with E-state index in [4.69, 9.17) is 10.2 Å². The molecule has 1 aromatic heterocycles. The second-order valence-electron chi connectivity index (χ2n) is 4.04. The van der Waals surface area contributed by atoms with Crippen LogP contribution in [-0.4, -0.2) is 4.98 Å². The number of fused-ring (bicyclic) bond motifs is 1.